The van der Waals surface area contributed by atoms with Crippen LogP contribution in [0.5, 0.6) is 0 Å². The van der Waals surface area contributed by atoms with Crippen LogP contribution in [0.1, 0.15) is 0 Å². The molecule has 11 rings (SSSR count). The molecule has 0 bridgehead atoms. The van der Waals surface area contributed by atoms with E-state index in [9.17, 15) is 0 Å². The number of hydrogen-bond donors (Lipinski definition) is 0. The van der Waals surface area contributed by atoms with Gasteiger partial charge in [-0.2, -0.15) is 0 Å². The molecule has 11 aromatic carbocycles. The van der Waals surface area contributed by atoms with Crippen LogP contribution in [0.15, 0.2) is 206 Å². The van der Waals surface area contributed by atoms with Gasteiger partial charge in [0.1, 0.15) is 0 Å². The summed E-state index contributed by atoms with van der Waals surface area (Å²) in [4.78, 5) is 0. The van der Waals surface area contributed by atoms with Gasteiger partial charge in [0.2, 0.25) is 0 Å². The molecule has 0 heteroatoms. The first-order valence-electron chi connectivity index (χ1n) is 18.8. The number of benzene rings is 11. The van der Waals surface area contributed by atoms with E-state index in [1.165, 1.54) is 109 Å². The second kappa shape index (κ2) is 12.3. The predicted octanol–water partition coefficient (Wildman–Crippen LogP) is 15.2. The van der Waals surface area contributed by atoms with E-state index in [0.29, 0.717) is 0 Å². The molecular weight excluding hydrogens is 649 g/mol. The largest absolute Gasteiger partial charge is 0.0622 e. The third-order valence-electron chi connectivity index (χ3n) is 11.4. The van der Waals surface area contributed by atoms with Crippen molar-refractivity contribution in [3.8, 4) is 55.6 Å². The van der Waals surface area contributed by atoms with Crippen molar-refractivity contribution in [3.05, 3.63) is 206 Å². The topological polar surface area (TPSA) is 0 Å². The molecule has 0 aromatic heterocycles. The third-order valence-corrected chi connectivity index (χ3v) is 11.4. The molecule has 0 saturated heterocycles. The van der Waals surface area contributed by atoms with Gasteiger partial charge >= 0.3 is 0 Å². The van der Waals surface area contributed by atoms with Crippen LogP contribution in [0.4, 0.5) is 0 Å². The average molecular weight is 683 g/mol. The van der Waals surface area contributed by atoms with Crippen molar-refractivity contribution in [3.63, 3.8) is 0 Å². The van der Waals surface area contributed by atoms with Crippen molar-refractivity contribution >= 4 is 53.9 Å². The molecule has 0 aliphatic heterocycles. The second-order valence-corrected chi connectivity index (χ2v) is 14.4. The summed E-state index contributed by atoms with van der Waals surface area (Å²) >= 11 is 0. The first-order chi connectivity index (χ1) is 26.8. The van der Waals surface area contributed by atoms with Gasteiger partial charge in [-0.3, -0.25) is 0 Å². The maximum Gasteiger partial charge on any atom is -0.00201 e. The Bertz CT molecular complexity index is 3110. The Kier molecular flexibility index (Phi) is 6.97. The van der Waals surface area contributed by atoms with Crippen LogP contribution in [0.2, 0.25) is 0 Å². The third kappa shape index (κ3) is 4.78. The van der Waals surface area contributed by atoms with Crippen molar-refractivity contribution in [1.82, 2.24) is 0 Å². The molecule has 0 atom stereocenters. The molecule has 0 radical (unpaired) electrons. The van der Waals surface area contributed by atoms with E-state index in [2.05, 4.69) is 206 Å². The molecule has 0 amide bonds. The van der Waals surface area contributed by atoms with Crippen LogP contribution in [-0.4, -0.2) is 0 Å². The van der Waals surface area contributed by atoms with Crippen LogP contribution in [-0.2, 0) is 0 Å². The summed E-state index contributed by atoms with van der Waals surface area (Å²) in [5.41, 5.74) is 12.4. The molecule has 0 N–H and O–H groups in total. The van der Waals surface area contributed by atoms with E-state index in [1.54, 1.807) is 0 Å². The molecule has 54 heavy (non-hydrogen) atoms. The van der Waals surface area contributed by atoms with Crippen molar-refractivity contribution in [1.29, 1.82) is 0 Å². The molecule has 0 spiro atoms. The highest BCUT2D eigenvalue weighted by Crippen LogP contribution is 2.47. The maximum atomic E-state index is 2.41. The highest BCUT2D eigenvalue weighted by atomic mass is 14.2. The SMILES string of the molecule is c1ccc(-c2ccc(-c3ccccc3-c3c4ccccc4c(-c4cccc(-c5ccc6ccc7cccc8ccc5c6c78)c4)c4ccccc34)cc2)cc1. The normalized spacial score (nSPS) is 11.7. The Morgan fingerprint density at radius 1 is 0.204 bits per heavy atom. The van der Waals surface area contributed by atoms with Gasteiger partial charge < -0.3 is 0 Å². The smallest absolute Gasteiger partial charge is 0.00201 e. The molecule has 0 heterocycles. The lowest BCUT2D eigenvalue weighted by Gasteiger charge is -2.20. The van der Waals surface area contributed by atoms with E-state index in [0.717, 1.165) is 0 Å². The van der Waals surface area contributed by atoms with E-state index < -0.39 is 0 Å². The number of hydrogen-bond acceptors (Lipinski definition) is 0. The summed E-state index contributed by atoms with van der Waals surface area (Å²) < 4.78 is 0. The summed E-state index contributed by atoms with van der Waals surface area (Å²) in [5, 5.41) is 12.9. The predicted molar refractivity (Wildman–Crippen MR) is 232 cm³/mol. The number of rotatable bonds is 5. The summed E-state index contributed by atoms with van der Waals surface area (Å²) in [6, 6.07) is 76.0. The van der Waals surface area contributed by atoms with Crippen LogP contribution >= 0.6 is 0 Å². The minimum Gasteiger partial charge on any atom is -0.0622 e. The van der Waals surface area contributed by atoms with Gasteiger partial charge in [-0.25, -0.2) is 0 Å². The Hall–Kier alpha value is -7.02. The van der Waals surface area contributed by atoms with Crippen molar-refractivity contribution in [2.75, 3.05) is 0 Å². The first-order valence-corrected chi connectivity index (χ1v) is 18.8. The quantitative estimate of drug-likeness (QED) is 0.125. The Labute approximate surface area is 314 Å². The lowest BCUT2D eigenvalue weighted by molar-refractivity contribution is 1.58. The van der Waals surface area contributed by atoms with E-state index in [4.69, 9.17) is 0 Å². The van der Waals surface area contributed by atoms with Gasteiger partial charge in [-0.05, 0) is 116 Å². The van der Waals surface area contributed by atoms with Crippen molar-refractivity contribution in [2.24, 2.45) is 0 Å². The zero-order valence-electron chi connectivity index (χ0n) is 29.6. The Morgan fingerprint density at radius 3 is 1.39 bits per heavy atom. The molecule has 250 valence electrons. The Morgan fingerprint density at radius 2 is 0.685 bits per heavy atom. The summed E-state index contributed by atoms with van der Waals surface area (Å²) in [6.07, 6.45) is 0. The Balaban J connectivity index is 1.11. The van der Waals surface area contributed by atoms with Gasteiger partial charge in [0, 0.05) is 0 Å². The summed E-state index contributed by atoms with van der Waals surface area (Å²) in [5.74, 6) is 0. The zero-order chi connectivity index (χ0) is 35.6. The van der Waals surface area contributed by atoms with E-state index in [-0.39, 0.29) is 0 Å². The molecule has 0 aliphatic carbocycles. The summed E-state index contributed by atoms with van der Waals surface area (Å²) in [7, 11) is 0. The molecule has 0 fully saturated rings. The van der Waals surface area contributed by atoms with Gasteiger partial charge in [-0.15, -0.1) is 0 Å². The fraction of sp³-hybridized carbons (Fsp3) is 0. The van der Waals surface area contributed by atoms with Gasteiger partial charge in [0.05, 0.1) is 0 Å². The highest BCUT2D eigenvalue weighted by Gasteiger charge is 2.20. The summed E-state index contributed by atoms with van der Waals surface area (Å²) in [6.45, 7) is 0. The molecule has 11 aromatic rings. The second-order valence-electron chi connectivity index (χ2n) is 14.4. The van der Waals surface area contributed by atoms with Crippen LogP contribution in [0.3, 0.4) is 0 Å². The van der Waals surface area contributed by atoms with Gasteiger partial charge in [0.25, 0.3) is 0 Å². The molecule has 0 saturated carbocycles. The zero-order valence-corrected chi connectivity index (χ0v) is 29.6. The highest BCUT2D eigenvalue weighted by molar-refractivity contribution is 6.26. The van der Waals surface area contributed by atoms with Crippen molar-refractivity contribution < 1.29 is 0 Å². The minimum absolute atomic E-state index is 1.21. The van der Waals surface area contributed by atoms with Gasteiger partial charge in [0.15, 0.2) is 0 Å². The van der Waals surface area contributed by atoms with Gasteiger partial charge in [-0.1, -0.05) is 200 Å². The molecule has 0 nitrogen and oxygen atoms in total. The maximum absolute atomic E-state index is 2.41. The van der Waals surface area contributed by atoms with Crippen LogP contribution < -0.4 is 0 Å². The lowest BCUT2D eigenvalue weighted by Crippen LogP contribution is -1.93. The van der Waals surface area contributed by atoms with Crippen molar-refractivity contribution in [2.45, 2.75) is 0 Å². The van der Waals surface area contributed by atoms with Crippen LogP contribution in [0, 0.1) is 0 Å². The fourth-order valence-corrected chi connectivity index (χ4v) is 8.98. The lowest BCUT2D eigenvalue weighted by atomic mass is 9.83. The minimum atomic E-state index is 1.21. The average Bonchev–Trinajstić information content (AvgIpc) is 3.25. The first kappa shape index (κ1) is 30.6. The molecule has 0 unspecified atom stereocenters. The molecular formula is C54H34. The molecule has 0 aliphatic rings. The van der Waals surface area contributed by atoms with Crippen LogP contribution in [0.25, 0.3) is 109 Å². The number of fused-ring (bicyclic) bond motifs is 2. The van der Waals surface area contributed by atoms with E-state index in [1.807, 2.05) is 0 Å². The monoisotopic (exact) mass is 682 g/mol. The standard InChI is InChI=1S/C54H34/c1-2-12-35(13-3-1)36-24-26-37(27-25-36)43-18-4-5-19-45(43)54-48-22-8-6-20-46(48)52(47-21-7-9-23-49(47)54)42-17-11-16-41(34-42)44-32-30-40-29-28-38-14-10-15-39-31-33-50(44)53(40)51(38)39/h1-34H. The fourth-order valence-electron chi connectivity index (χ4n) is 8.98. The van der Waals surface area contributed by atoms with E-state index >= 15 is 0 Å².